The molecule has 1 fully saturated rings. The molecule has 0 saturated carbocycles. The van der Waals surface area contributed by atoms with E-state index in [-0.39, 0.29) is 12.3 Å². The Hall–Kier alpha value is -3.12. The molecule has 34 heavy (non-hydrogen) atoms. The number of amides is 1. The Labute approximate surface area is 202 Å². The fourth-order valence-electron chi connectivity index (χ4n) is 4.86. The normalized spacial score (nSPS) is 19.0. The lowest BCUT2D eigenvalue weighted by Crippen LogP contribution is -2.42. The predicted molar refractivity (Wildman–Crippen MR) is 136 cm³/mol. The summed E-state index contributed by atoms with van der Waals surface area (Å²) in [6.07, 6.45) is 9.65. The number of carboxylic acid groups (broad SMARTS) is 1. The van der Waals surface area contributed by atoms with Gasteiger partial charge in [-0.05, 0) is 73.9 Å². The molecule has 0 radical (unpaired) electrons. The first kappa shape index (κ1) is 24.0. The third kappa shape index (κ3) is 6.70. The zero-order chi connectivity index (χ0) is 23.8. The lowest BCUT2D eigenvalue weighted by Gasteiger charge is -2.24. The van der Waals surface area contributed by atoms with Crippen molar-refractivity contribution in [2.45, 2.75) is 51.1 Å². The molecule has 180 valence electrons. The Morgan fingerprint density at radius 2 is 1.91 bits per heavy atom. The first-order chi connectivity index (χ1) is 16.6. The minimum absolute atomic E-state index is 0.159. The standard InChI is InChI=1S/C28H35N3O3/c32-27(33)19-26-28(34)31(17-14-21-6-2-1-3-7-21)20-24-11-10-23(18-25(24)30-26)9-5-4-8-22-12-15-29-16-13-22/h1-3,5-7,9-11,18,22,26,29-30H,4,8,12-17,19-20H2,(H,32,33)/t26-/m1/s1. The number of rotatable bonds is 9. The van der Waals surface area contributed by atoms with Gasteiger partial charge in [-0.2, -0.15) is 0 Å². The third-order valence-electron chi connectivity index (χ3n) is 6.84. The molecule has 6 heteroatoms. The summed E-state index contributed by atoms with van der Waals surface area (Å²) in [5.41, 5.74) is 4.09. The van der Waals surface area contributed by atoms with Crippen molar-refractivity contribution in [2.75, 3.05) is 25.0 Å². The summed E-state index contributed by atoms with van der Waals surface area (Å²) in [4.78, 5) is 26.5. The van der Waals surface area contributed by atoms with E-state index in [0.717, 1.165) is 54.2 Å². The highest BCUT2D eigenvalue weighted by Gasteiger charge is 2.30. The van der Waals surface area contributed by atoms with Gasteiger partial charge in [0.1, 0.15) is 6.04 Å². The number of nitrogens with zero attached hydrogens (tertiary/aromatic N) is 1. The first-order valence-electron chi connectivity index (χ1n) is 12.4. The maximum absolute atomic E-state index is 13.2. The summed E-state index contributed by atoms with van der Waals surface area (Å²) in [6, 6.07) is 15.5. The number of fused-ring (bicyclic) bond motifs is 1. The first-order valence-corrected chi connectivity index (χ1v) is 12.4. The van der Waals surface area contributed by atoms with Crippen LogP contribution in [-0.4, -0.2) is 47.6 Å². The fraction of sp³-hybridized carbons (Fsp3) is 0.429. The molecule has 0 aliphatic carbocycles. The molecule has 0 spiro atoms. The molecule has 4 rings (SSSR count). The van der Waals surface area contributed by atoms with Gasteiger partial charge in [0.25, 0.3) is 0 Å². The number of hydrogen-bond donors (Lipinski definition) is 3. The summed E-state index contributed by atoms with van der Waals surface area (Å²) in [5, 5.41) is 16.0. The van der Waals surface area contributed by atoms with Gasteiger partial charge in [0.15, 0.2) is 0 Å². The number of carbonyl (C=O) groups excluding carboxylic acids is 1. The van der Waals surface area contributed by atoms with Gasteiger partial charge in [-0.15, -0.1) is 0 Å². The lowest BCUT2D eigenvalue weighted by molar-refractivity contribution is -0.141. The fourth-order valence-corrected chi connectivity index (χ4v) is 4.86. The third-order valence-corrected chi connectivity index (χ3v) is 6.84. The maximum atomic E-state index is 13.2. The average Bonchev–Trinajstić information content (AvgIpc) is 2.97. The molecular formula is C28H35N3O3. The van der Waals surface area contributed by atoms with E-state index in [1.807, 2.05) is 36.4 Å². The van der Waals surface area contributed by atoms with Crippen molar-refractivity contribution in [3.05, 3.63) is 71.3 Å². The van der Waals surface area contributed by atoms with Gasteiger partial charge < -0.3 is 20.6 Å². The smallest absolute Gasteiger partial charge is 0.305 e. The van der Waals surface area contributed by atoms with E-state index in [2.05, 4.69) is 34.9 Å². The number of aliphatic carboxylic acids is 1. The van der Waals surface area contributed by atoms with Crippen LogP contribution in [0.4, 0.5) is 5.69 Å². The molecule has 0 unspecified atom stereocenters. The van der Waals surface area contributed by atoms with Gasteiger partial charge in [0, 0.05) is 18.8 Å². The monoisotopic (exact) mass is 461 g/mol. The summed E-state index contributed by atoms with van der Waals surface area (Å²) < 4.78 is 0. The highest BCUT2D eigenvalue weighted by molar-refractivity contribution is 5.90. The molecule has 2 aliphatic heterocycles. The Morgan fingerprint density at radius 3 is 2.68 bits per heavy atom. The number of nitrogens with one attached hydrogen (secondary N) is 2. The van der Waals surface area contributed by atoms with Crippen LogP contribution in [0, 0.1) is 5.92 Å². The molecule has 6 nitrogen and oxygen atoms in total. The number of piperidine rings is 1. The highest BCUT2D eigenvalue weighted by atomic mass is 16.4. The average molecular weight is 462 g/mol. The van der Waals surface area contributed by atoms with E-state index < -0.39 is 12.0 Å². The molecule has 2 heterocycles. The molecule has 1 amide bonds. The van der Waals surface area contributed by atoms with Crippen LogP contribution in [0.25, 0.3) is 6.08 Å². The molecular weight excluding hydrogens is 426 g/mol. The zero-order valence-corrected chi connectivity index (χ0v) is 19.7. The van der Waals surface area contributed by atoms with Gasteiger partial charge in [0.2, 0.25) is 5.91 Å². The van der Waals surface area contributed by atoms with Crippen molar-refractivity contribution >= 4 is 23.6 Å². The number of allylic oxidation sites excluding steroid dienone is 1. The van der Waals surface area contributed by atoms with Gasteiger partial charge in [-0.3, -0.25) is 9.59 Å². The number of anilines is 1. The largest absolute Gasteiger partial charge is 0.481 e. The van der Waals surface area contributed by atoms with Crippen LogP contribution >= 0.6 is 0 Å². The van der Waals surface area contributed by atoms with Crippen LogP contribution in [-0.2, 0) is 22.6 Å². The molecule has 3 N–H and O–H groups in total. The second-order valence-corrected chi connectivity index (χ2v) is 9.38. The van der Waals surface area contributed by atoms with E-state index >= 15 is 0 Å². The number of hydrogen-bond acceptors (Lipinski definition) is 4. The molecule has 1 saturated heterocycles. The van der Waals surface area contributed by atoms with Crippen molar-refractivity contribution < 1.29 is 14.7 Å². The number of carbonyl (C=O) groups is 2. The van der Waals surface area contributed by atoms with Crippen LogP contribution < -0.4 is 10.6 Å². The van der Waals surface area contributed by atoms with Crippen LogP contribution in [0.2, 0.25) is 0 Å². The second kappa shape index (κ2) is 11.8. The second-order valence-electron chi connectivity index (χ2n) is 9.38. The van der Waals surface area contributed by atoms with Gasteiger partial charge in [0.05, 0.1) is 6.42 Å². The van der Waals surface area contributed by atoms with Crippen LogP contribution in [0.3, 0.4) is 0 Å². The van der Waals surface area contributed by atoms with Gasteiger partial charge in [-0.1, -0.05) is 54.6 Å². The van der Waals surface area contributed by atoms with Crippen molar-refractivity contribution in [1.29, 1.82) is 0 Å². The van der Waals surface area contributed by atoms with E-state index in [1.165, 1.54) is 19.3 Å². The Kier molecular flexibility index (Phi) is 8.36. The summed E-state index contributed by atoms with van der Waals surface area (Å²) >= 11 is 0. The topological polar surface area (TPSA) is 81.7 Å². The lowest BCUT2D eigenvalue weighted by atomic mass is 9.93. The summed E-state index contributed by atoms with van der Waals surface area (Å²) in [5.74, 6) is -0.330. The maximum Gasteiger partial charge on any atom is 0.305 e. The van der Waals surface area contributed by atoms with Crippen LogP contribution in [0.5, 0.6) is 0 Å². The van der Waals surface area contributed by atoms with E-state index in [9.17, 15) is 14.7 Å². The van der Waals surface area contributed by atoms with E-state index in [0.29, 0.717) is 13.1 Å². The van der Waals surface area contributed by atoms with E-state index in [4.69, 9.17) is 0 Å². The van der Waals surface area contributed by atoms with Crippen LogP contribution in [0.1, 0.15) is 48.8 Å². The Balaban J connectivity index is 1.44. The minimum Gasteiger partial charge on any atom is -0.481 e. The predicted octanol–water partition coefficient (Wildman–Crippen LogP) is 4.32. The SMILES string of the molecule is O=C(O)C[C@H]1Nc2cc(C=CCCC3CCNCC3)ccc2CN(CCc2ccccc2)C1=O. The van der Waals surface area contributed by atoms with Crippen molar-refractivity contribution in [3.8, 4) is 0 Å². The molecule has 0 bridgehead atoms. The highest BCUT2D eigenvalue weighted by Crippen LogP contribution is 2.27. The van der Waals surface area contributed by atoms with Gasteiger partial charge >= 0.3 is 5.97 Å². The van der Waals surface area contributed by atoms with Crippen molar-refractivity contribution in [1.82, 2.24) is 10.2 Å². The number of benzene rings is 2. The molecule has 2 aromatic rings. The number of carboxylic acids is 1. The van der Waals surface area contributed by atoms with Gasteiger partial charge in [-0.25, -0.2) is 0 Å². The molecule has 1 atom stereocenters. The Morgan fingerprint density at radius 1 is 1.12 bits per heavy atom. The van der Waals surface area contributed by atoms with Crippen molar-refractivity contribution in [3.63, 3.8) is 0 Å². The quantitative estimate of drug-likeness (QED) is 0.518. The van der Waals surface area contributed by atoms with Crippen molar-refractivity contribution in [2.24, 2.45) is 5.92 Å². The summed E-state index contributed by atoms with van der Waals surface area (Å²) in [7, 11) is 0. The molecule has 2 aliphatic rings. The Bertz CT molecular complexity index is 999. The van der Waals surface area contributed by atoms with Crippen LogP contribution in [0.15, 0.2) is 54.6 Å². The van der Waals surface area contributed by atoms with E-state index in [1.54, 1.807) is 4.90 Å². The molecule has 0 aromatic heterocycles. The molecule has 2 aromatic carbocycles. The minimum atomic E-state index is -0.980. The summed E-state index contributed by atoms with van der Waals surface area (Å²) in [6.45, 7) is 3.29. The zero-order valence-electron chi connectivity index (χ0n) is 19.7.